The lowest BCUT2D eigenvalue weighted by atomic mass is 9.97. The first-order valence-corrected chi connectivity index (χ1v) is 8.97. The number of rotatable bonds is 4. The minimum Gasteiger partial charge on any atom is -0.238 e. The van der Waals surface area contributed by atoms with Crippen LogP contribution in [0.15, 0.2) is 54.9 Å². The van der Waals surface area contributed by atoms with Crippen molar-refractivity contribution in [3.8, 4) is 17.2 Å². The van der Waals surface area contributed by atoms with E-state index in [-0.39, 0.29) is 0 Å². The lowest BCUT2D eigenvalue weighted by Gasteiger charge is -2.11. The highest BCUT2D eigenvalue weighted by molar-refractivity contribution is 5.70. The van der Waals surface area contributed by atoms with Gasteiger partial charge in [-0.05, 0) is 36.1 Å². The molecule has 132 valence electrons. The minimum atomic E-state index is 0.687. The molecule has 2 heterocycles. The lowest BCUT2D eigenvalue weighted by molar-refractivity contribution is 0.820. The van der Waals surface area contributed by atoms with Crippen LogP contribution in [-0.2, 0) is 12.8 Å². The van der Waals surface area contributed by atoms with Gasteiger partial charge in [0.05, 0.1) is 11.6 Å². The van der Waals surface area contributed by atoms with Gasteiger partial charge < -0.3 is 0 Å². The molecule has 2 aromatic carbocycles. The molecule has 4 aromatic rings. The highest BCUT2D eigenvalue weighted by Gasteiger charge is 2.14. The smallest absolute Gasteiger partial charge is 0.162 e. The van der Waals surface area contributed by atoms with E-state index in [1.807, 2.05) is 31.2 Å². The molecule has 5 heteroatoms. The van der Waals surface area contributed by atoms with Crippen molar-refractivity contribution in [1.82, 2.24) is 19.6 Å². The highest BCUT2D eigenvalue weighted by Crippen LogP contribution is 2.25. The molecule has 0 bridgehead atoms. The number of fused-ring (bicyclic) bond motifs is 1. The Morgan fingerprint density at radius 2 is 1.85 bits per heavy atom. The third-order valence-corrected chi connectivity index (χ3v) is 4.80. The Hall–Kier alpha value is -3.52. The summed E-state index contributed by atoms with van der Waals surface area (Å²) in [7, 11) is 0. The van der Waals surface area contributed by atoms with Gasteiger partial charge in [0.15, 0.2) is 5.65 Å². The zero-order chi connectivity index (χ0) is 18.8. The summed E-state index contributed by atoms with van der Waals surface area (Å²) in [6.07, 6.45) is 3.18. The molecule has 5 nitrogen and oxygen atoms in total. The van der Waals surface area contributed by atoms with Gasteiger partial charge in [0, 0.05) is 17.7 Å². The molecule has 27 heavy (non-hydrogen) atoms. The van der Waals surface area contributed by atoms with Crippen molar-refractivity contribution in [2.45, 2.75) is 26.7 Å². The van der Waals surface area contributed by atoms with Gasteiger partial charge in [0.1, 0.15) is 12.2 Å². The number of aryl methyl sites for hydroxylation is 2. The molecule has 0 aliphatic rings. The summed E-state index contributed by atoms with van der Waals surface area (Å²) in [5.74, 6) is 0.853. The molecule has 0 unspecified atom stereocenters. The van der Waals surface area contributed by atoms with Gasteiger partial charge in [-0.1, -0.05) is 49.4 Å². The van der Waals surface area contributed by atoms with E-state index >= 15 is 0 Å². The molecule has 0 atom stereocenters. The normalized spacial score (nSPS) is 10.9. The topological polar surface area (TPSA) is 66.9 Å². The van der Waals surface area contributed by atoms with Gasteiger partial charge in [-0.3, -0.25) is 0 Å². The average Bonchev–Trinajstić information content (AvgIpc) is 3.21. The molecule has 0 radical (unpaired) electrons. The van der Waals surface area contributed by atoms with Crippen LogP contribution < -0.4 is 0 Å². The number of nitrogens with zero attached hydrogens (tertiary/aromatic N) is 5. The fourth-order valence-corrected chi connectivity index (χ4v) is 3.44. The van der Waals surface area contributed by atoms with Crippen LogP contribution in [0.2, 0.25) is 0 Å². The van der Waals surface area contributed by atoms with Gasteiger partial charge in [0.25, 0.3) is 0 Å². The van der Waals surface area contributed by atoms with Crippen LogP contribution in [0.25, 0.3) is 16.8 Å². The lowest BCUT2D eigenvalue weighted by Crippen LogP contribution is -2.07. The largest absolute Gasteiger partial charge is 0.238 e. The van der Waals surface area contributed by atoms with E-state index in [4.69, 9.17) is 4.98 Å². The quantitative estimate of drug-likeness (QED) is 0.553. The van der Waals surface area contributed by atoms with Crippen LogP contribution in [0, 0.1) is 18.3 Å². The Morgan fingerprint density at radius 1 is 1.07 bits per heavy atom. The second-order valence-corrected chi connectivity index (χ2v) is 6.46. The van der Waals surface area contributed by atoms with Crippen LogP contribution in [0.1, 0.15) is 35.1 Å². The third kappa shape index (κ3) is 3.06. The van der Waals surface area contributed by atoms with Crippen molar-refractivity contribution in [3.05, 3.63) is 83.1 Å². The summed E-state index contributed by atoms with van der Waals surface area (Å²) in [6.45, 7) is 4.06. The first-order valence-electron chi connectivity index (χ1n) is 8.97. The van der Waals surface area contributed by atoms with Crippen LogP contribution >= 0.6 is 0 Å². The van der Waals surface area contributed by atoms with E-state index in [1.165, 1.54) is 5.56 Å². The molecule has 0 saturated heterocycles. The molecule has 0 amide bonds. The summed E-state index contributed by atoms with van der Waals surface area (Å²) in [6, 6.07) is 18.3. The van der Waals surface area contributed by atoms with Crippen molar-refractivity contribution in [2.24, 2.45) is 0 Å². The van der Waals surface area contributed by atoms with E-state index in [1.54, 1.807) is 10.8 Å². The fraction of sp³-hybridized carbons (Fsp3) is 0.182. The monoisotopic (exact) mass is 353 g/mol. The van der Waals surface area contributed by atoms with Crippen LogP contribution in [0.3, 0.4) is 0 Å². The van der Waals surface area contributed by atoms with E-state index in [2.05, 4.69) is 47.3 Å². The Kier molecular flexibility index (Phi) is 4.39. The maximum atomic E-state index is 9.32. The number of benzene rings is 2. The van der Waals surface area contributed by atoms with Crippen molar-refractivity contribution in [1.29, 1.82) is 5.26 Å². The van der Waals surface area contributed by atoms with Crippen molar-refractivity contribution in [3.63, 3.8) is 0 Å². The Morgan fingerprint density at radius 3 is 2.59 bits per heavy atom. The van der Waals surface area contributed by atoms with Crippen molar-refractivity contribution in [2.75, 3.05) is 0 Å². The molecule has 0 aliphatic carbocycles. The first-order chi connectivity index (χ1) is 13.2. The van der Waals surface area contributed by atoms with Crippen molar-refractivity contribution < 1.29 is 0 Å². The summed E-state index contributed by atoms with van der Waals surface area (Å²) in [5, 5.41) is 13.6. The molecule has 0 spiro atoms. The Bertz CT molecular complexity index is 1150. The summed E-state index contributed by atoms with van der Waals surface area (Å²) in [4.78, 5) is 9.15. The average molecular weight is 353 g/mol. The van der Waals surface area contributed by atoms with E-state index in [9.17, 15) is 5.26 Å². The van der Waals surface area contributed by atoms with Crippen molar-refractivity contribution >= 4 is 5.65 Å². The van der Waals surface area contributed by atoms with E-state index in [0.29, 0.717) is 5.56 Å². The van der Waals surface area contributed by atoms with Gasteiger partial charge in [0.2, 0.25) is 0 Å². The predicted octanol–water partition coefficient (Wildman–Crippen LogP) is 4.12. The molecular formula is C22H19N5. The molecule has 2 aromatic heterocycles. The zero-order valence-corrected chi connectivity index (χ0v) is 15.3. The molecule has 0 aliphatic heterocycles. The molecule has 0 saturated carbocycles. The maximum absolute atomic E-state index is 9.32. The summed E-state index contributed by atoms with van der Waals surface area (Å²) < 4.78 is 1.80. The van der Waals surface area contributed by atoms with Gasteiger partial charge >= 0.3 is 0 Å². The number of hydrogen-bond donors (Lipinski definition) is 0. The molecule has 0 fully saturated rings. The molecule has 0 N–H and O–H groups in total. The zero-order valence-electron chi connectivity index (χ0n) is 15.3. The van der Waals surface area contributed by atoms with E-state index in [0.717, 1.165) is 46.7 Å². The number of hydrogen-bond acceptors (Lipinski definition) is 4. The summed E-state index contributed by atoms with van der Waals surface area (Å²) >= 11 is 0. The highest BCUT2D eigenvalue weighted by atomic mass is 15.3. The first kappa shape index (κ1) is 16.9. The number of nitriles is 1. The van der Waals surface area contributed by atoms with Gasteiger partial charge in [-0.2, -0.15) is 14.9 Å². The number of aromatic nitrogens is 4. The van der Waals surface area contributed by atoms with E-state index < -0.39 is 0 Å². The van der Waals surface area contributed by atoms with Gasteiger partial charge in [-0.15, -0.1) is 0 Å². The SMILES string of the molecule is CCc1nc(C)n2ncnc2c1Cc1ccc(-c2ccccc2C#N)cc1. The molecular weight excluding hydrogens is 334 g/mol. The second kappa shape index (κ2) is 7.00. The summed E-state index contributed by atoms with van der Waals surface area (Å²) in [5.41, 5.74) is 6.92. The minimum absolute atomic E-state index is 0.687. The standard InChI is InChI=1S/C22H19N5/c1-3-21-20(22-24-14-25-27(22)15(2)26-21)12-16-8-10-17(11-9-16)19-7-5-4-6-18(19)13-23/h4-11,14H,3,12H2,1-2H3. The second-order valence-electron chi connectivity index (χ2n) is 6.46. The third-order valence-electron chi connectivity index (χ3n) is 4.80. The molecule has 4 rings (SSSR count). The Balaban J connectivity index is 1.71. The predicted molar refractivity (Wildman–Crippen MR) is 104 cm³/mol. The Labute approximate surface area is 158 Å². The van der Waals surface area contributed by atoms with Crippen LogP contribution in [0.5, 0.6) is 0 Å². The van der Waals surface area contributed by atoms with Crippen LogP contribution in [0.4, 0.5) is 0 Å². The maximum Gasteiger partial charge on any atom is 0.162 e. The van der Waals surface area contributed by atoms with Gasteiger partial charge in [-0.25, -0.2) is 9.97 Å². The fourth-order valence-electron chi connectivity index (χ4n) is 3.44. The van der Waals surface area contributed by atoms with Crippen LogP contribution in [-0.4, -0.2) is 19.6 Å².